The van der Waals surface area contributed by atoms with Crippen molar-refractivity contribution >= 4 is 57.9 Å². The number of amides is 1. The Labute approximate surface area is 164 Å². The van der Waals surface area contributed by atoms with Gasteiger partial charge in [0.2, 0.25) is 0 Å². The van der Waals surface area contributed by atoms with Crippen LogP contribution in [-0.4, -0.2) is 32.2 Å². The molecule has 2 aromatic rings. The molecule has 0 spiro atoms. The van der Waals surface area contributed by atoms with Crippen LogP contribution >= 0.6 is 35.6 Å². The smallest absolute Gasteiger partial charge is 0.326 e. The molecule has 1 aliphatic heterocycles. The number of benzene rings is 1. The van der Waals surface area contributed by atoms with Gasteiger partial charge in [0.05, 0.1) is 4.91 Å². The first-order valence-corrected chi connectivity index (χ1v) is 9.36. The Bertz CT molecular complexity index is 904. The van der Waals surface area contributed by atoms with Gasteiger partial charge < -0.3 is 9.52 Å². The predicted molar refractivity (Wildman–Crippen MR) is 106 cm³/mol. The van der Waals surface area contributed by atoms with E-state index in [2.05, 4.69) is 0 Å². The molecule has 1 aromatic carbocycles. The summed E-state index contributed by atoms with van der Waals surface area (Å²) in [5, 5.41) is 9.92. The molecule has 2 heterocycles. The number of rotatable bonds is 5. The van der Waals surface area contributed by atoms with E-state index in [4.69, 9.17) is 28.2 Å². The van der Waals surface area contributed by atoms with Crippen molar-refractivity contribution in [2.75, 3.05) is 0 Å². The van der Waals surface area contributed by atoms with Crippen molar-refractivity contribution in [1.29, 1.82) is 0 Å². The van der Waals surface area contributed by atoms with E-state index in [0.29, 0.717) is 21.4 Å². The minimum absolute atomic E-state index is 0.236. The zero-order valence-corrected chi connectivity index (χ0v) is 16.0. The number of hydrogen-bond donors (Lipinski definition) is 1. The van der Waals surface area contributed by atoms with Gasteiger partial charge in [0.1, 0.15) is 21.9 Å². The number of carbonyl (C=O) groups is 2. The maximum absolute atomic E-state index is 12.6. The van der Waals surface area contributed by atoms with E-state index in [9.17, 15) is 14.7 Å². The van der Waals surface area contributed by atoms with Crippen molar-refractivity contribution in [3.63, 3.8) is 0 Å². The second-order valence-electron chi connectivity index (χ2n) is 5.52. The van der Waals surface area contributed by atoms with Gasteiger partial charge in [-0.3, -0.25) is 9.69 Å². The number of thiocarbonyl (C=S) groups is 1. The van der Waals surface area contributed by atoms with Crippen LogP contribution in [0, 0.1) is 0 Å². The Morgan fingerprint density at radius 1 is 1.35 bits per heavy atom. The van der Waals surface area contributed by atoms with Gasteiger partial charge >= 0.3 is 5.97 Å². The van der Waals surface area contributed by atoms with Crippen LogP contribution in [0.4, 0.5) is 0 Å². The molecular formula is C18H14ClNO4S2. The van der Waals surface area contributed by atoms with Crippen LogP contribution in [0.5, 0.6) is 0 Å². The predicted octanol–water partition coefficient (Wildman–Crippen LogP) is 4.66. The molecule has 0 bridgehead atoms. The Morgan fingerprint density at radius 2 is 2.04 bits per heavy atom. The summed E-state index contributed by atoms with van der Waals surface area (Å²) in [6, 6.07) is 9.77. The van der Waals surface area contributed by atoms with Crippen molar-refractivity contribution in [2.45, 2.75) is 19.4 Å². The van der Waals surface area contributed by atoms with Crippen molar-refractivity contribution in [3.8, 4) is 11.3 Å². The second kappa shape index (κ2) is 7.65. The van der Waals surface area contributed by atoms with E-state index in [1.54, 1.807) is 37.3 Å². The third kappa shape index (κ3) is 3.70. The Kier molecular flexibility index (Phi) is 5.50. The quantitative estimate of drug-likeness (QED) is 0.574. The fourth-order valence-electron chi connectivity index (χ4n) is 2.55. The molecule has 0 saturated carbocycles. The van der Waals surface area contributed by atoms with Crippen LogP contribution in [-0.2, 0) is 9.59 Å². The van der Waals surface area contributed by atoms with Gasteiger partial charge in [0.15, 0.2) is 0 Å². The van der Waals surface area contributed by atoms with Gasteiger partial charge in [0, 0.05) is 16.7 Å². The zero-order valence-electron chi connectivity index (χ0n) is 13.6. The molecule has 1 aromatic heterocycles. The highest BCUT2D eigenvalue weighted by molar-refractivity contribution is 8.26. The van der Waals surface area contributed by atoms with Crippen molar-refractivity contribution < 1.29 is 19.1 Å². The maximum atomic E-state index is 12.6. The van der Waals surface area contributed by atoms with Crippen LogP contribution in [0.15, 0.2) is 45.7 Å². The highest BCUT2D eigenvalue weighted by atomic mass is 35.5. The molecule has 1 unspecified atom stereocenters. The fraction of sp³-hybridized carbons (Fsp3) is 0.167. The van der Waals surface area contributed by atoms with E-state index in [1.165, 1.54) is 0 Å². The van der Waals surface area contributed by atoms with Crippen molar-refractivity contribution in [2.24, 2.45) is 0 Å². The maximum Gasteiger partial charge on any atom is 0.326 e. The first-order chi connectivity index (χ1) is 12.4. The summed E-state index contributed by atoms with van der Waals surface area (Å²) < 4.78 is 6.00. The molecular weight excluding hydrogens is 394 g/mol. The normalized spacial score (nSPS) is 17.2. The van der Waals surface area contributed by atoms with Crippen LogP contribution in [0.1, 0.15) is 19.1 Å². The zero-order chi connectivity index (χ0) is 18.8. The van der Waals surface area contributed by atoms with E-state index < -0.39 is 17.9 Å². The molecule has 1 aliphatic rings. The number of furan rings is 1. The van der Waals surface area contributed by atoms with Gasteiger partial charge in [0.25, 0.3) is 5.91 Å². The van der Waals surface area contributed by atoms with E-state index in [1.807, 2.05) is 12.1 Å². The van der Waals surface area contributed by atoms with Crippen LogP contribution < -0.4 is 0 Å². The van der Waals surface area contributed by atoms with Gasteiger partial charge in [-0.15, -0.1) is 0 Å². The molecule has 3 rings (SSSR count). The average molecular weight is 408 g/mol. The summed E-state index contributed by atoms with van der Waals surface area (Å²) in [7, 11) is 0. The first kappa shape index (κ1) is 18.7. The summed E-state index contributed by atoms with van der Waals surface area (Å²) in [5.74, 6) is -0.369. The van der Waals surface area contributed by atoms with E-state index in [0.717, 1.165) is 22.2 Å². The minimum atomic E-state index is -1.08. The molecule has 1 saturated heterocycles. The number of aliphatic carboxylic acids is 1. The van der Waals surface area contributed by atoms with E-state index in [-0.39, 0.29) is 10.7 Å². The highest BCUT2D eigenvalue weighted by Gasteiger charge is 2.39. The van der Waals surface area contributed by atoms with Crippen LogP contribution in [0.25, 0.3) is 17.4 Å². The molecule has 5 nitrogen and oxygen atoms in total. The number of thioether (sulfide) groups is 1. The lowest BCUT2D eigenvalue weighted by Gasteiger charge is -2.21. The second-order valence-corrected chi connectivity index (χ2v) is 7.64. The number of carboxylic acid groups (broad SMARTS) is 1. The molecule has 0 aliphatic carbocycles. The van der Waals surface area contributed by atoms with Crippen LogP contribution in [0.3, 0.4) is 0 Å². The molecule has 8 heteroatoms. The van der Waals surface area contributed by atoms with Crippen molar-refractivity contribution in [3.05, 3.63) is 52.1 Å². The van der Waals surface area contributed by atoms with E-state index >= 15 is 0 Å². The summed E-state index contributed by atoms with van der Waals surface area (Å²) in [4.78, 5) is 25.4. The number of carbonyl (C=O) groups excluding carboxylic acids is 1. The summed E-state index contributed by atoms with van der Waals surface area (Å²) in [5.41, 5.74) is 0.860. The van der Waals surface area contributed by atoms with Gasteiger partial charge in [-0.05, 0) is 42.8 Å². The lowest BCUT2D eigenvalue weighted by atomic mass is 10.2. The average Bonchev–Trinajstić information content (AvgIpc) is 3.16. The van der Waals surface area contributed by atoms with Crippen LogP contribution in [0.2, 0.25) is 5.02 Å². The first-order valence-electron chi connectivity index (χ1n) is 7.76. The summed E-state index contributed by atoms with van der Waals surface area (Å²) >= 11 is 12.1. The topological polar surface area (TPSA) is 70.8 Å². The number of hydrogen-bond acceptors (Lipinski definition) is 5. The van der Waals surface area contributed by atoms with Gasteiger partial charge in [-0.1, -0.05) is 42.5 Å². The minimum Gasteiger partial charge on any atom is -0.480 e. The molecule has 1 N–H and O–H groups in total. The lowest BCUT2D eigenvalue weighted by molar-refractivity contribution is -0.145. The Balaban J connectivity index is 1.85. The number of nitrogens with zero attached hydrogens (tertiary/aromatic N) is 1. The molecule has 0 radical (unpaired) electrons. The molecule has 1 atom stereocenters. The SMILES string of the molecule is CCC(C(=O)O)N1C(=O)/C(=C\c2ccc(-c3ccc(Cl)cc3)o2)SC1=S. The third-order valence-corrected chi connectivity index (χ3v) is 5.42. The van der Waals surface area contributed by atoms with Gasteiger partial charge in [-0.25, -0.2) is 4.79 Å². The summed E-state index contributed by atoms with van der Waals surface area (Å²) in [6.45, 7) is 1.70. The fourth-order valence-corrected chi connectivity index (χ4v) is 4.01. The lowest BCUT2D eigenvalue weighted by Crippen LogP contribution is -2.43. The Morgan fingerprint density at radius 3 is 2.65 bits per heavy atom. The number of carboxylic acids is 1. The standard InChI is InChI=1S/C18H14ClNO4S2/c1-2-13(17(22)23)20-16(21)15(26-18(20)25)9-12-7-8-14(24-12)10-3-5-11(19)6-4-10/h3-9,13H,2H2,1H3,(H,22,23)/b15-9+. The largest absolute Gasteiger partial charge is 0.480 e. The molecule has 1 amide bonds. The monoisotopic (exact) mass is 407 g/mol. The Hall–Kier alpha value is -2.09. The molecule has 1 fully saturated rings. The summed E-state index contributed by atoms with van der Waals surface area (Å²) in [6.07, 6.45) is 1.85. The molecule has 26 heavy (non-hydrogen) atoms. The molecule has 134 valence electrons. The van der Waals surface area contributed by atoms with Gasteiger partial charge in [-0.2, -0.15) is 0 Å². The van der Waals surface area contributed by atoms with Crippen molar-refractivity contribution in [1.82, 2.24) is 4.90 Å². The number of halogens is 1. The highest BCUT2D eigenvalue weighted by Crippen LogP contribution is 2.35. The third-order valence-electron chi connectivity index (χ3n) is 3.84.